The zero-order valence-electron chi connectivity index (χ0n) is 16.1. The fourth-order valence-corrected chi connectivity index (χ4v) is 4.70. The molecular formula is C22H18Cl2N4OS. The normalized spacial score (nSPS) is 10.9. The lowest BCUT2D eigenvalue weighted by Crippen LogP contribution is -2.17. The van der Waals surface area contributed by atoms with Crippen LogP contribution in [0.1, 0.15) is 11.3 Å². The van der Waals surface area contributed by atoms with E-state index in [1.165, 1.54) is 4.88 Å². The number of nitrogens with one attached hydrogen (secondary N) is 2. The summed E-state index contributed by atoms with van der Waals surface area (Å²) >= 11 is 13.6. The third-order valence-corrected chi connectivity index (χ3v) is 6.14. The van der Waals surface area contributed by atoms with Gasteiger partial charge in [-0.1, -0.05) is 53.5 Å². The van der Waals surface area contributed by atoms with Crippen molar-refractivity contribution in [3.05, 3.63) is 69.8 Å². The maximum Gasteiger partial charge on any atom is 0.226 e. The molecule has 0 unspecified atom stereocenters. The first-order valence-electron chi connectivity index (χ1n) is 9.31. The van der Waals surface area contributed by atoms with Gasteiger partial charge in [0.1, 0.15) is 17.0 Å². The highest BCUT2D eigenvalue weighted by molar-refractivity contribution is 7.19. The lowest BCUT2D eigenvalue weighted by molar-refractivity contribution is -0.115. The number of hydrogen-bond acceptors (Lipinski definition) is 5. The number of fused-ring (bicyclic) bond motifs is 1. The molecule has 0 spiro atoms. The Kier molecular flexibility index (Phi) is 6.18. The Bertz CT molecular complexity index is 1210. The van der Waals surface area contributed by atoms with E-state index in [9.17, 15) is 4.79 Å². The van der Waals surface area contributed by atoms with Crippen molar-refractivity contribution in [2.75, 3.05) is 17.2 Å². The van der Waals surface area contributed by atoms with Gasteiger partial charge in [-0.15, -0.1) is 11.3 Å². The molecule has 1 amide bonds. The number of carbonyl (C=O) groups is 1. The summed E-state index contributed by atoms with van der Waals surface area (Å²) in [4.78, 5) is 23.3. The molecule has 0 radical (unpaired) electrons. The Morgan fingerprint density at radius 1 is 1.10 bits per heavy atom. The number of nitrogens with zero attached hydrogens (tertiary/aromatic N) is 2. The number of carbonyl (C=O) groups excluding carboxylic acids is 1. The lowest BCUT2D eigenvalue weighted by atomic mass is 10.0. The molecule has 152 valence electrons. The van der Waals surface area contributed by atoms with Gasteiger partial charge in [0.2, 0.25) is 5.91 Å². The molecule has 2 heterocycles. The minimum absolute atomic E-state index is 0.151. The van der Waals surface area contributed by atoms with Crippen molar-refractivity contribution >= 4 is 62.2 Å². The van der Waals surface area contributed by atoms with Gasteiger partial charge >= 0.3 is 0 Å². The van der Waals surface area contributed by atoms with E-state index in [4.69, 9.17) is 23.2 Å². The molecule has 30 heavy (non-hydrogen) atoms. The van der Waals surface area contributed by atoms with Crippen LogP contribution in [0.25, 0.3) is 21.3 Å². The summed E-state index contributed by atoms with van der Waals surface area (Å²) in [7, 11) is 0. The summed E-state index contributed by atoms with van der Waals surface area (Å²) in [5.74, 6) is 0.572. The molecule has 4 aromatic rings. The number of aromatic nitrogens is 2. The third-order valence-electron chi connectivity index (χ3n) is 4.58. The largest absolute Gasteiger partial charge is 0.369 e. The monoisotopic (exact) mass is 456 g/mol. The lowest BCUT2D eigenvalue weighted by Gasteiger charge is -2.10. The first-order valence-corrected chi connectivity index (χ1v) is 10.9. The van der Waals surface area contributed by atoms with Crippen molar-refractivity contribution in [3.8, 4) is 11.1 Å². The summed E-state index contributed by atoms with van der Waals surface area (Å²) in [6.07, 6.45) is 1.80. The zero-order valence-corrected chi connectivity index (χ0v) is 18.4. The van der Waals surface area contributed by atoms with Crippen LogP contribution in [-0.2, 0) is 4.79 Å². The average molecular weight is 457 g/mol. The van der Waals surface area contributed by atoms with E-state index in [1.807, 2.05) is 18.2 Å². The van der Waals surface area contributed by atoms with E-state index in [-0.39, 0.29) is 12.3 Å². The summed E-state index contributed by atoms with van der Waals surface area (Å²) < 4.78 is 0. The summed E-state index contributed by atoms with van der Waals surface area (Å²) in [5.41, 5.74) is 2.78. The van der Waals surface area contributed by atoms with Crippen LogP contribution in [0.5, 0.6) is 0 Å². The van der Waals surface area contributed by atoms with Gasteiger partial charge in [0.15, 0.2) is 0 Å². The molecule has 0 fully saturated rings. The second-order valence-corrected chi connectivity index (χ2v) is 8.70. The average Bonchev–Trinajstić information content (AvgIpc) is 3.07. The first-order chi connectivity index (χ1) is 14.5. The van der Waals surface area contributed by atoms with Crippen molar-refractivity contribution in [2.45, 2.75) is 13.3 Å². The van der Waals surface area contributed by atoms with E-state index in [0.717, 1.165) is 27.2 Å². The van der Waals surface area contributed by atoms with Crippen LogP contribution in [0.15, 0.2) is 54.9 Å². The van der Waals surface area contributed by atoms with E-state index >= 15 is 0 Å². The van der Waals surface area contributed by atoms with Crippen molar-refractivity contribution in [1.29, 1.82) is 0 Å². The number of halogens is 2. The molecular weight excluding hydrogens is 439 g/mol. The van der Waals surface area contributed by atoms with Crippen LogP contribution in [0.4, 0.5) is 11.5 Å². The molecule has 0 atom stereocenters. The summed E-state index contributed by atoms with van der Waals surface area (Å²) in [6.45, 7) is 2.51. The second kappa shape index (κ2) is 9.00. The molecule has 0 aliphatic rings. The minimum atomic E-state index is -0.151. The van der Waals surface area contributed by atoms with Gasteiger partial charge < -0.3 is 10.6 Å². The first kappa shape index (κ1) is 20.6. The van der Waals surface area contributed by atoms with E-state index in [1.54, 1.807) is 35.9 Å². The molecule has 0 aliphatic heterocycles. The molecule has 8 heteroatoms. The predicted octanol–water partition coefficient (Wildman–Crippen LogP) is 6.41. The predicted molar refractivity (Wildman–Crippen MR) is 126 cm³/mol. The van der Waals surface area contributed by atoms with Crippen LogP contribution < -0.4 is 10.6 Å². The van der Waals surface area contributed by atoms with Crippen molar-refractivity contribution in [3.63, 3.8) is 0 Å². The maximum absolute atomic E-state index is 12.3. The molecule has 4 rings (SSSR count). The fraction of sp³-hybridized carbons (Fsp3) is 0.136. The van der Waals surface area contributed by atoms with E-state index < -0.39 is 0 Å². The maximum atomic E-state index is 12.3. The highest BCUT2D eigenvalue weighted by atomic mass is 35.5. The van der Waals surface area contributed by atoms with Crippen LogP contribution in [0, 0.1) is 6.92 Å². The van der Waals surface area contributed by atoms with Crippen molar-refractivity contribution in [2.24, 2.45) is 0 Å². The number of hydrogen-bond donors (Lipinski definition) is 2. The van der Waals surface area contributed by atoms with Gasteiger partial charge in [-0.05, 0) is 30.7 Å². The number of anilines is 2. The van der Waals surface area contributed by atoms with Gasteiger partial charge in [-0.25, -0.2) is 9.97 Å². The number of rotatable bonds is 6. The van der Waals surface area contributed by atoms with Crippen LogP contribution in [0.3, 0.4) is 0 Å². The summed E-state index contributed by atoms with van der Waals surface area (Å²) in [5, 5.41) is 8.00. The Morgan fingerprint density at radius 2 is 1.90 bits per heavy atom. The summed E-state index contributed by atoms with van der Waals surface area (Å²) in [6, 6.07) is 15.1. The SMILES string of the molecule is Cc1sc2ncnc(NCCC(=O)Nc3ccc(Cl)cc3Cl)c2c1-c1ccccc1. The molecule has 0 aliphatic carbocycles. The van der Waals surface area contributed by atoms with Crippen LogP contribution in [-0.4, -0.2) is 22.4 Å². The minimum Gasteiger partial charge on any atom is -0.369 e. The standard InChI is InChI=1S/C22H18Cl2N4OS/c1-13-19(14-5-3-2-4-6-14)20-21(26-12-27-22(20)30-13)25-10-9-18(29)28-17-8-7-15(23)11-16(17)24/h2-8,11-12H,9-10H2,1H3,(H,28,29)(H,25,26,27). The number of benzene rings is 2. The molecule has 0 bridgehead atoms. The van der Waals surface area contributed by atoms with Crippen molar-refractivity contribution < 1.29 is 4.79 Å². The fourth-order valence-electron chi connectivity index (χ4n) is 3.23. The smallest absolute Gasteiger partial charge is 0.226 e. The Morgan fingerprint density at radius 3 is 2.67 bits per heavy atom. The Labute approximate surface area is 188 Å². The molecule has 5 nitrogen and oxygen atoms in total. The van der Waals surface area contributed by atoms with E-state index in [2.05, 4.69) is 39.7 Å². The zero-order chi connectivity index (χ0) is 21.1. The van der Waals surface area contributed by atoms with Crippen LogP contribution in [0.2, 0.25) is 10.0 Å². The molecule has 2 aromatic heterocycles. The van der Waals surface area contributed by atoms with Gasteiger partial charge in [0, 0.05) is 28.4 Å². The van der Waals surface area contributed by atoms with Gasteiger partial charge in [0.05, 0.1) is 16.1 Å². The third kappa shape index (κ3) is 4.41. The molecule has 0 saturated carbocycles. The number of thiophene rings is 1. The molecule has 2 aromatic carbocycles. The van der Waals surface area contributed by atoms with Gasteiger partial charge in [0.25, 0.3) is 0 Å². The second-order valence-electron chi connectivity index (χ2n) is 6.65. The molecule has 0 saturated heterocycles. The molecule has 2 N–H and O–H groups in total. The van der Waals surface area contributed by atoms with Gasteiger partial charge in [-0.3, -0.25) is 4.79 Å². The number of amides is 1. The Hall–Kier alpha value is -2.67. The van der Waals surface area contributed by atoms with E-state index in [0.29, 0.717) is 22.3 Å². The Balaban J connectivity index is 1.50. The van der Waals surface area contributed by atoms with Crippen LogP contribution >= 0.6 is 34.5 Å². The highest BCUT2D eigenvalue weighted by Crippen LogP contribution is 2.40. The van der Waals surface area contributed by atoms with Crippen molar-refractivity contribution in [1.82, 2.24) is 9.97 Å². The topological polar surface area (TPSA) is 66.9 Å². The van der Waals surface area contributed by atoms with Gasteiger partial charge in [-0.2, -0.15) is 0 Å². The quantitative estimate of drug-likeness (QED) is 0.351. The highest BCUT2D eigenvalue weighted by Gasteiger charge is 2.16. The number of aryl methyl sites for hydroxylation is 1.